The van der Waals surface area contributed by atoms with E-state index in [4.69, 9.17) is 0 Å². The third kappa shape index (κ3) is 2.88. The minimum Gasteiger partial charge on any atom is -0.294 e. The zero-order chi connectivity index (χ0) is 11.4. The Morgan fingerprint density at radius 1 is 1.25 bits per heavy atom. The van der Waals surface area contributed by atoms with E-state index in [1.807, 2.05) is 24.3 Å². The van der Waals surface area contributed by atoms with Crippen molar-refractivity contribution < 1.29 is 4.79 Å². The van der Waals surface area contributed by atoms with Gasteiger partial charge in [-0.3, -0.25) is 4.79 Å². The van der Waals surface area contributed by atoms with Crippen LogP contribution in [-0.4, -0.2) is 12.0 Å². The summed E-state index contributed by atoms with van der Waals surface area (Å²) in [5.74, 6) is 0.965. The molecule has 16 heavy (non-hydrogen) atoms. The number of benzene rings is 1. The lowest BCUT2D eigenvalue weighted by atomic mass is 9.97. The van der Waals surface area contributed by atoms with Gasteiger partial charge in [0, 0.05) is 16.9 Å². The Kier molecular flexibility index (Phi) is 4.05. The van der Waals surface area contributed by atoms with Crippen LogP contribution in [-0.2, 0) is 0 Å². The largest absolute Gasteiger partial charge is 0.294 e. The SMILES string of the molecule is CSc1ccc(C(=O)CC2CCCC2)cc1. The van der Waals surface area contributed by atoms with Gasteiger partial charge in [-0.1, -0.05) is 37.8 Å². The summed E-state index contributed by atoms with van der Waals surface area (Å²) in [6, 6.07) is 7.99. The fraction of sp³-hybridized carbons (Fsp3) is 0.500. The van der Waals surface area contributed by atoms with E-state index in [9.17, 15) is 4.79 Å². The molecule has 1 fully saturated rings. The van der Waals surface area contributed by atoms with Crippen LogP contribution in [0.25, 0.3) is 0 Å². The molecule has 0 spiro atoms. The van der Waals surface area contributed by atoms with Crippen LogP contribution < -0.4 is 0 Å². The second kappa shape index (κ2) is 5.53. The maximum Gasteiger partial charge on any atom is 0.163 e. The number of rotatable bonds is 4. The molecule has 1 aromatic rings. The fourth-order valence-corrected chi connectivity index (χ4v) is 2.78. The number of hydrogen-bond donors (Lipinski definition) is 0. The van der Waals surface area contributed by atoms with Crippen LogP contribution in [0.4, 0.5) is 0 Å². The molecule has 1 saturated carbocycles. The molecule has 0 amide bonds. The molecule has 1 aliphatic rings. The molecule has 0 bridgehead atoms. The van der Waals surface area contributed by atoms with E-state index in [0.29, 0.717) is 11.7 Å². The van der Waals surface area contributed by atoms with Crippen LogP contribution in [0.5, 0.6) is 0 Å². The first-order valence-electron chi connectivity index (χ1n) is 5.97. The van der Waals surface area contributed by atoms with Gasteiger partial charge in [-0.25, -0.2) is 0 Å². The van der Waals surface area contributed by atoms with Crippen LogP contribution >= 0.6 is 11.8 Å². The molecular formula is C14H18OS. The van der Waals surface area contributed by atoms with Gasteiger partial charge >= 0.3 is 0 Å². The minimum absolute atomic E-state index is 0.319. The van der Waals surface area contributed by atoms with E-state index in [2.05, 4.69) is 6.26 Å². The minimum atomic E-state index is 0.319. The number of ketones is 1. The highest BCUT2D eigenvalue weighted by Gasteiger charge is 2.19. The molecule has 2 rings (SSSR count). The zero-order valence-electron chi connectivity index (χ0n) is 9.74. The van der Waals surface area contributed by atoms with E-state index < -0.39 is 0 Å². The number of Topliss-reactive ketones (excluding diaryl/α,β-unsaturated/α-hetero) is 1. The van der Waals surface area contributed by atoms with Crippen LogP contribution in [0.2, 0.25) is 0 Å². The van der Waals surface area contributed by atoms with Crippen LogP contribution in [0.3, 0.4) is 0 Å². The van der Waals surface area contributed by atoms with Gasteiger partial charge in [-0.05, 0) is 24.3 Å². The van der Waals surface area contributed by atoms with Crippen molar-refractivity contribution in [2.45, 2.75) is 37.0 Å². The number of thioether (sulfide) groups is 1. The van der Waals surface area contributed by atoms with Crippen LogP contribution in [0, 0.1) is 5.92 Å². The van der Waals surface area contributed by atoms with Gasteiger partial charge in [0.15, 0.2) is 5.78 Å². The molecule has 0 saturated heterocycles. The third-order valence-corrected chi connectivity index (χ3v) is 4.10. The second-order valence-electron chi connectivity index (χ2n) is 4.51. The van der Waals surface area contributed by atoms with Crippen molar-refractivity contribution in [1.29, 1.82) is 0 Å². The molecule has 0 aliphatic heterocycles. The maximum absolute atomic E-state index is 12.0. The maximum atomic E-state index is 12.0. The lowest BCUT2D eigenvalue weighted by molar-refractivity contribution is 0.0962. The first-order chi connectivity index (χ1) is 7.79. The zero-order valence-corrected chi connectivity index (χ0v) is 10.6. The van der Waals surface area contributed by atoms with Crippen LogP contribution in [0.1, 0.15) is 42.5 Å². The van der Waals surface area contributed by atoms with Gasteiger partial charge in [0.05, 0.1) is 0 Å². The monoisotopic (exact) mass is 234 g/mol. The van der Waals surface area contributed by atoms with E-state index in [1.54, 1.807) is 11.8 Å². The summed E-state index contributed by atoms with van der Waals surface area (Å²) >= 11 is 1.71. The number of carbonyl (C=O) groups is 1. The molecule has 1 aromatic carbocycles. The molecule has 1 aliphatic carbocycles. The van der Waals surface area contributed by atoms with E-state index in [-0.39, 0.29) is 0 Å². The number of hydrogen-bond acceptors (Lipinski definition) is 2. The highest BCUT2D eigenvalue weighted by atomic mass is 32.2. The predicted octanol–water partition coefficient (Wildman–Crippen LogP) is 4.17. The normalized spacial score (nSPS) is 16.6. The van der Waals surface area contributed by atoms with Crippen molar-refractivity contribution in [3.63, 3.8) is 0 Å². The lowest BCUT2D eigenvalue weighted by Crippen LogP contribution is -2.05. The van der Waals surface area contributed by atoms with Crippen molar-refractivity contribution >= 4 is 17.5 Å². The van der Waals surface area contributed by atoms with Crippen molar-refractivity contribution in [3.8, 4) is 0 Å². The smallest absolute Gasteiger partial charge is 0.163 e. The summed E-state index contributed by atoms with van der Waals surface area (Å²) < 4.78 is 0. The lowest BCUT2D eigenvalue weighted by Gasteiger charge is -2.07. The van der Waals surface area contributed by atoms with Crippen molar-refractivity contribution in [2.24, 2.45) is 5.92 Å². The molecule has 0 aromatic heterocycles. The topological polar surface area (TPSA) is 17.1 Å². The van der Waals surface area contributed by atoms with Crippen molar-refractivity contribution in [1.82, 2.24) is 0 Å². The summed E-state index contributed by atoms with van der Waals surface area (Å²) in [6.07, 6.45) is 7.91. The van der Waals surface area contributed by atoms with Gasteiger partial charge in [-0.2, -0.15) is 0 Å². The van der Waals surface area contributed by atoms with E-state index in [0.717, 1.165) is 12.0 Å². The molecule has 0 N–H and O–H groups in total. The summed E-state index contributed by atoms with van der Waals surface area (Å²) in [7, 11) is 0. The van der Waals surface area contributed by atoms with Crippen LogP contribution in [0.15, 0.2) is 29.2 Å². The predicted molar refractivity (Wildman–Crippen MR) is 69.1 cm³/mol. The molecule has 0 unspecified atom stereocenters. The Labute approximate surface area is 102 Å². The summed E-state index contributed by atoms with van der Waals surface area (Å²) in [5.41, 5.74) is 0.879. The Bertz CT molecular complexity index is 350. The standard InChI is InChI=1S/C14H18OS/c1-16-13-8-6-12(7-9-13)14(15)10-11-4-2-3-5-11/h6-9,11H,2-5,10H2,1H3. The fourth-order valence-electron chi connectivity index (χ4n) is 2.37. The van der Waals surface area contributed by atoms with Gasteiger partial charge in [0.1, 0.15) is 0 Å². The first kappa shape index (κ1) is 11.7. The van der Waals surface area contributed by atoms with Gasteiger partial charge in [-0.15, -0.1) is 11.8 Å². The molecule has 0 radical (unpaired) electrons. The third-order valence-electron chi connectivity index (χ3n) is 3.36. The Morgan fingerprint density at radius 2 is 1.88 bits per heavy atom. The first-order valence-corrected chi connectivity index (χ1v) is 7.19. The van der Waals surface area contributed by atoms with E-state index >= 15 is 0 Å². The highest BCUT2D eigenvalue weighted by molar-refractivity contribution is 7.98. The quantitative estimate of drug-likeness (QED) is 0.574. The van der Waals surface area contributed by atoms with E-state index in [1.165, 1.54) is 30.6 Å². The Morgan fingerprint density at radius 3 is 2.44 bits per heavy atom. The average molecular weight is 234 g/mol. The molecule has 2 heteroatoms. The molecule has 0 atom stereocenters. The summed E-state index contributed by atoms with van der Waals surface area (Å²) in [4.78, 5) is 13.2. The molecule has 0 heterocycles. The van der Waals surface area contributed by atoms with Crippen molar-refractivity contribution in [3.05, 3.63) is 29.8 Å². The van der Waals surface area contributed by atoms with Gasteiger partial charge in [0.2, 0.25) is 0 Å². The average Bonchev–Trinajstić information content (AvgIpc) is 2.82. The summed E-state index contributed by atoms with van der Waals surface area (Å²) in [6.45, 7) is 0. The Balaban J connectivity index is 1.97. The van der Waals surface area contributed by atoms with Crippen molar-refractivity contribution in [2.75, 3.05) is 6.26 Å². The highest BCUT2D eigenvalue weighted by Crippen LogP contribution is 2.28. The second-order valence-corrected chi connectivity index (χ2v) is 5.39. The molecule has 1 nitrogen and oxygen atoms in total. The van der Waals surface area contributed by atoms with Gasteiger partial charge < -0.3 is 0 Å². The van der Waals surface area contributed by atoms with Gasteiger partial charge in [0.25, 0.3) is 0 Å². The molecule has 86 valence electrons. The molecular weight excluding hydrogens is 216 g/mol. The Hall–Kier alpha value is -0.760. The number of carbonyl (C=O) groups excluding carboxylic acids is 1. The summed E-state index contributed by atoms with van der Waals surface area (Å²) in [5, 5.41) is 0.